The standard InChI is InChI=1S/C24H18FN3O4/c1-2-32-20-13-11-19(12-14-20)27-23(16-7-9-18(25)10-8-16)26-21(24(27)29)15-17-5-3-4-6-22(17)28(30)31/h3-15H,2H2,1H3/b21-15+. The van der Waals surface area contributed by atoms with Crippen LogP contribution in [0.5, 0.6) is 5.75 Å². The first-order valence-electron chi connectivity index (χ1n) is 9.85. The molecule has 0 aliphatic carbocycles. The number of ether oxygens (including phenoxy) is 1. The van der Waals surface area contributed by atoms with E-state index in [9.17, 15) is 19.3 Å². The van der Waals surface area contributed by atoms with Crippen molar-refractivity contribution in [2.45, 2.75) is 6.92 Å². The van der Waals surface area contributed by atoms with Crippen molar-refractivity contribution >= 4 is 29.2 Å². The molecule has 3 aromatic rings. The van der Waals surface area contributed by atoms with Gasteiger partial charge in [-0.15, -0.1) is 0 Å². The van der Waals surface area contributed by atoms with Gasteiger partial charge in [0.15, 0.2) is 0 Å². The Bertz CT molecular complexity index is 1230. The third-order valence-electron chi connectivity index (χ3n) is 4.79. The van der Waals surface area contributed by atoms with Gasteiger partial charge in [-0.25, -0.2) is 9.38 Å². The third-order valence-corrected chi connectivity index (χ3v) is 4.79. The number of hydrogen-bond acceptors (Lipinski definition) is 5. The molecule has 0 aromatic heterocycles. The molecular formula is C24H18FN3O4. The summed E-state index contributed by atoms with van der Waals surface area (Å²) in [5.74, 6) is 0.0800. The Balaban J connectivity index is 1.81. The molecule has 0 spiro atoms. The Morgan fingerprint density at radius 2 is 1.75 bits per heavy atom. The Morgan fingerprint density at radius 1 is 1.06 bits per heavy atom. The topological polar surface area (TPSA) is 85.0 Å². The highest BCUT2D eigenvalue weighted by Gasteiger charge is 2.33. The summed E-state index contributed by atoms with van der Waals surface area (Å²) in [6, 6.07) is 18.6. The molecule has 0 N–H and O–H groups in total. The summed E-state index contributed by atoms with van der Waals surface area (Å²) in [6.45, 7) is 2.38. The van der Waals surface area contributed by atoms with Crippen LogP contribution in [-0.4, -0.2) is 23.3 Å². The molecular weight excluding hydrogens is 413 g/mol. The smallest absolute Gasteiger partial charge is 0.282 e. The molecule has 0 saturated carbocycles. The van der Waals surface area contributed by atoms with Crippen LogP contribution in [0.3, 0.4) is 0 Å². The number of carbonyl (C=O) groups excluding carboxylic acids is 1. The molecule has 160 valence electrons. The average molecular weight is 431 g/mol. The fraction of sp³-hybridized carbons (Fsp3) is 0.0833. The highest BCUT2D eigenvalue weighted by molar-refractivity contribution is 6.33. The molecule has 1 aliphatic rings. The largest absolute Gasteiger partial charge is 0.494 e. The summed E-state index contributed by atoms with van der Waals surface area (Å²) in [5, 5.41) is 11.4. The molecule has 3 aromatic carbocycles. The van der Waals surface area contributed by atoms with Crippen molar-refractivity contribution in [2.75, 3.05) is 11.5 Å². The lowest BCUT2D eigenvalue weighted by Gasteiger charge is -2.19. The zero-order chi connectivity index (χ0) is 22.7. The number of rotatable bonds is 6. The monoisotopic (exact) mass is 431 g/mol. The number of nitro benzene ring substituents is 1. The Hall–Kier alpha value is -4.33. The molecule has 0 atom stereocenters. The molecule has 0 radical (unpaired) electrons. The van der Waals surface area contributed by atoms with Crippen molar-refractivity contribution in [3.05, 3.63) is 106 Å². The lowest BCUT2D eigenvalue weighted by molar-refractivity contribution is -0.385. The minimum Gasteiger partial charge on any atom is -0.494 e. The zero-order valence-corrected chi connectivity index (χ0v) is 17.1. The van der Waals surface area contributed by atoms with Crippen LogP contribution in [0.2, 0.25) is 0 Å². The number of benzene rings is 3. The molecule has 1 amide bonds. The normalized spacial score (nSPS) is 14.6. The number of para-hydroxylation sites is 1. The quantitative estimate of drug-likeness (QED) is 0.313. The highest BCUT2D eigenvalue weighted by atomic mass is 19.1. The molecule has 7 nitrogen and oxygen atoms in total. The van der Waals surface area contributed by atoms with E-state index >= 15 is 0 Å². The predicted molar refractivity (Wildman–Crippen MR) is 119 cm³/mol. The van der Waals surface area contributed by atoms with Gasteiger partial charge < -0.3 is 4.74 Å². The Morgan fingerprint density at radius 3 is 2.41 bits per heavy atom. The van der Waals surface area contributed by atoms with Gasteiger partial charge in [0.2, 0.25) is 0 Å². The van der Waals surface area contributed by atoms with Crippen LogP contribution in [-0.2, 0) is 4.79 Å². The van der Waals surface area contributed by atoms with Crippen molar-refractivity contribution < 1.29 is 18.8 Å². The van der Waals surface area contributed by atoms with Gasteiger partial charge >= 0.3 is 0 Å². The van der Waals surface area contributed by atoms with Gasteiger partial charge in [0.05, 0.1) is 22.8 Å². The van der Waals surface area contributed by atoms with Crippen LogP contribution in [0, 0.1) is 15.9 Å². The lowest BCUT2D eigenvalue weighted by Crippen LogP contribution is -2.32. The van der Waals surface area contributed by atoms with Crippen LogP contribution < -0.4 is 9.64 Å². The Kier molecular flexibility index (Phi) is 5.76. The van der Waals surface area contributed by atoms with E-state index in [1.807, 2.05) is 6.92 Å². The molecule has 0 bridgehead atoms. The fourth-order valence-electron chi connectivity index (χ4n) is 3.33. The second-order valence-electron chi connectivity index (χ2n) is 6.86. The van der Waals surface area contributed by atoms with Crippen LogP contribution in [0.25, 0.3) is 6.08 Å². The number of amides is 1. The van der Waals surface area contributed by atoms with E-state index in [4.69, 9.17) is 4.74 Å². The summed E-state index contributed by atoms with van der Waals surface area (Å²) < 4.78 is 18.9. The van der Waals surface area contributed by atoms with E-state index in [1.54, 1.807) is 42.5 Å². The molecule has 1 heterocycles. The van der Waals surface area contributed by atoms with Crippen LogP contribution in [0.4, 0.5) is 15.8 Å². The summed E-state index contributed by atoms with van der Waals surface area (Å²) >= 11 is 0. The number of nitrogens with zero attached hydrogens (tertiary/aromatic N) is 3. The van der Waals surface area contributed by atoms with Crippen molar-refractivity contribution in [1.29, 1.82) is 0 Å². The van der Waals surface area contributed by atoms with E-state index in [0.29, 0.717) is 29.4 Å². The first-order valence-corrected chi connectivity index (χ1v) is 9.85. The van der Waals surface area contributed by atoms with Gasteiger partial charge in [-0.3, -0.25) is 19.8 Å². The molecule has 4 rings (SSSR count). The minimum absolute atomic E-state index is 0.0347. The van der Waals surface area contributed by atoms with Gasteiger partial charge in [0.1, 0.15) is 23.1 Å². The van der Waals surface area contributed by atoms with E-state index in [0.717, 1.165) is 0 Å². The molecule has 0 unspecified atom stereocenters. The molecule has 1 aliphatic heterocycles. The number of anilines is 1. The predicted octanol–water partition coefficient (Wildman–Crippen LogP) is 4.97. The number of nitro groups is 1. The van der Waals surface area contributed by atoms with Gasteiger partial charge in [-0.1, -0.05) is 12.1 Å². The third kappa shape index (κ3) is 4.11. The van der Waals surface area contributed by atoms with Crippen molar-refractivity contribution in [2.24, 2.45) is 4.99 Å². The second-order valence-corrected chi connectivity index (χ2v) is 6.86. The summed E-state index contributed by atoms with van der Waals surface area (Å²) in [6.07, 6.45) is 1.39. The Labute approximate surface area is 183 Å². The first-order chi connectivity index (χ1) is 15.5. The molecule has 8 heteroatoms. The highest BCUT2D eigenvalue weighted by Crippen LogP contribution is 2.30. The average Bonchev–Trinajstić information content (AvgIpc) is 3.11. The maximum absolute atomic E-state index is 13.5. The van der Waals surface area contributed by atoms with E-state index in [-0.39, 0.29) is 16.9 Å². The number of carbonyl (C=O) groups is 1. The number of amidine groups is 1. The molecule has 0 saturated heterocycles. The van der Waals surface area contributed by atoms with Crippen LogP contribution >= 0.6 is 0 Å². The van der Waals surface area contributed by atoms with Crippen molar-refractivity contribution in [3.63, 3.8) is 0 Å². The number of halogens is 1. The van der Waals surface area contributed by atoms with Gasteiger partial charge in [0, 0.05) is 11.6 Å². The lowest BCUT2D eigenvalue weighted by atomic mass is 10.1. The molecule has 0 fully saturated rings. The summed E-state index contributed by atoms with van der Waals surface area (Å²) in [4.78, 5) is 30.0. The van der Waals surface area contributed by atoms with Crippen molar-refractivity contribution in [1.82, 2.24) is 0 Å². The summed E-state index contributed by atoms with van der Waals surface area (Å²) in [7, 11) is 0. The van der Waals surface area contributed by atoms with Crippen LogP contribution in [0.15, 0.2) is 83.5 Å². The maximum atomic E-state index is 13.5. The second kappa shape index (κ2) is 8.81. The fourth-order valence-corrected chi connectivity index (χ4v) is 3.33. The number of hydrogen-bond donors (Lipinski definition) is 0. The van der Waals surface area contributed by atoms with Gasteiger partial charge in [0.25, 0.3) is 11.6 Å². The maximum Gasteiger partial charge on any atom is 0.282 e. The minimum atomic E-state index is -0.513. The number of aliphatic imine (C=N–C) groups is 1. The van der Waals surface area contributed by atoms with Crippen molar-refractivity contribution in [3.8, 4) is 5.75 Å². The zero-order valence-electron chi connectivity index (χ0n) is 17.1. The first kappa shape index (κ1) is 20.9. The van der Waals surface area contributed by atoms with Crippen LogP contribution in [0.1, 0.15) is 18.1 Å². The van der Waals surface area contributed by atoms with Gasteiger partial charge in [-0.05, 0) is 67.6 Å². The van der Waals surface area contributed by atoms with E-state index in [1.165, 1.54) is 41.3 Å². The van der Waals surface area contributed by atoms with E-state index in [2.05, 4.69) is 4.99 Å². The van der Waals surface area contributed by atoms with E-state index < -0.39 is 16.6 Å². The summed E-state index contributed by atoms with van der Waals surface area (Å²) in [5.41, 5.74) is 1.22. The van der Waals surface area contributed by atoms with Gasteiger partial charge in [-0.2, -0.15) is 0 Å². The molecule has 32 heavy (non-hydrogen) atoms. The SMILES string of the molecule is CCOc1ccc(N2C(=O)/C(=C\c3ccccc3[N+](=O)[O-])N=C2c2ccc(F)cc2)cc1.